The van der Waals surface area contributed by atoms with Gasteiger partial charge in [-0.15, -0.1) is 0 Å². The van der Waals surface area contributed by atoms with E-state index >= 15 is 0 Å². The monoisotopic (exact) mass is 283 g/mol. The summed E-state index contributed by atoms with van der Waals surface area (Å²) in [7, 11) is 1.85. The van der Waals surface area contributed by atoms with E-state index in [9.17, 15) is 4.79 Å². The van der Waals surface area contributed by atoms with E-state index < -0.39 is 5.54 Å². The maximum absolute atomic E-state index is 12.4. The topological polar surface area (TPSA) is 44.8 Å². The number of morpholine rings is 1. The number of nitrogens with one attached hydrogen (secondary N) is 1. The molecule has 2 aliphatic heterocycles. The van der Waals surface area contributed by atoms with Gasteiger partial charge >= 0.3 is 0 Å². The second kappa shape index (κ2) is 6.87. The van der Waals surface area contributed by atoms with Crippen LogP contribution in [0.5, 0.6) is 0 Å². The highest BCUT2D eigenvalue weighted by molar-refractivity contribution is 5.85. The van der Waals surface area contributed by atoms with Gasteiger partial charge in [0.05, 0.1) is 18.8 Å². The van der Waals surface area contributed by atoms with E-state index in [0.29, 0.717) is 0 Å². The largest absolute Gasteiger partial charge is 0.379 e. The van der Waals surface area contributed by atoms with Crippen molar-refractivity contribution in [2.45, 2.75) is 32.2 Å². The second-order valence-electron chi connectivity index (χ2n) is 6.52. The molecule has 2 aliphatic rings. The van der Waals surface area contributed by atoms with Crippen molar-refractivity contribution >= 4 is 5.91 Å². The number of likely N-dealkylation sites (N-methyl/N-ethyl adjacent to an activating group) is 1. The smallest absolute Gasteiger partial charge is 0.242 e. The van der Waals surface area contributed by atoms with Crippen LogP contribution in [0.3, 0.4) is 0 Å². The number of amides is 1. The number of nitrogens with zero attached hydrogens (tertiary/aromatic N) is 2. The van der Waals surface area contributed by atoms with Gasteiger partial charge < -0.3 is 15.0 Å². The highest BCUT2D eigenvalue weighted by Gasteiger charge is 2.33. The molecular weight excluding hydrogens is 254 g/mol. The molecule has 5 nitrogen and oxygen atoms in total. The summed E-state index contributed by atoms with van der Waals surface area (Å²) in [4.78, 5) is 16.9. The van der Waals surface area contributed by atoms with Gasteiger partial charge in [-0.3, -0.25) is 9.69 Å². The standard InChI is InChI=1S/C15H29N3O2/c1-15(2,16-3)14(19)18-6-4-13(5-7-18)12-17-8-10-20-11-9-17/h13,16H,4-12H2,1-3H3. The summed E-state index contributed by atoms with van der Waals surface area (Å²) in [6.07, 6.45) is 2.26. The Morgan fingerprint density at radius 1 is 1.20 bits per heavy atom. The Morgan fingerprint density at radius 2 is 1.80 bits per heavy atom. The number of hydrogen-bond acceptors (Lipinski definition) is 4. The molecule has 0 aromatic carbocycles. The number of hydrogen-bond donors (Lipinski definition) is 1. The zero-order chi connectivity index (χ0) is 14.6. The Kier molecular flexibility index (Phi) is 5.41. The zero-order valence-corrected chi connectivity index (χ0v) is 13.2. The van der Waals surface area contributed by atoms with Crippen molar-refractivity contribution in [2.75, 3.05) is 53.0 Å². The first-order chi connectivity index (χ1) is 9.53. The molecule has 2 rings (SSSR count). The van der Waals surface area contributed by atoms with Gasteiger partial charge in [0, 0.05) is 32.7 Å². The van der Waals surface area contributed by atoms with Gasteiger partial charge in [0.1, 0.15) is 0 Å². The summed E-state index contributed by atoms with van der Waals surface area (Å²) in [6.45, 7) is 10.7. The van der Waals surface area contributed by atoms with Crippen molar-refractivity contribution in [3.8, 4) is 0 Å². The van der Waals surface area contributed by atoms with Crippen LogP contribution in [0.15, 0.2) is 0 Å². The van der Waals surface area contributed by atoms with Crippen LogP contribution < -0.4 is 5.32 Å². The van der Waals surface area contributed by atoms with Crippen molar-refractivity contribution in [1.82, 2.24) is 15.1 Å². The van der Waals surface area contributed by atoms with E-state index in [1.165, 1.54) is 6.54 Å². The average Bonchev–Trinajstić information content (AvgIpc) is 2.48. The molecule has 0 aromatic rings. The molecule has 2 heterocycles. The molecule has 5 heteroatoms. The minimum atomic E-state index is -0.447. The van der Waals surface area contributed by atoms with Crippen molar-refractivity contribution in [2.24, 2.45) is 5.92 Å². The van der Waals surface area contributed by atoms with Gasteiger partial charge in [0.15, 0.2) is 0 Å². The molecule has 2 fully saturated rings. The molecule has 1 N–H and O–H groups in total. The number of carbonyl (C=O) groups excluding carboxylic acids is 1. The molecule has 0 unspecified atom stereocenters. The van der Waals surface area contributed by atoms with Gasteiger partial charge in [-0.1, -0.05) is 0 Å². The fourth-order valence-electron chi connectivity index (χ4n) is 2.97. The summed E-state index contributed by atoms with van der Waals surface area (Å²) in [5, 5.41) is 3.10. The Hall–Kier alpha value is -0.650. The van der Waals surface area contributed by atoms with Crippen molar-refractivity contribution in [3.63, 3.8) is 0 Å². The van der Waals surface area contributed by atoms with Gasteiger partial charge in [0.25, 0.3) is 0 Å². The maximum atomic E-state index is 12.4. The third-order valence-corrected chi connectivity index (χ3v) is 4.68. The predicted molar refractivity (Wildman–Crippen MR) is 79.7 cm³/mol. The molecule has 0 radical (unpaired) electrons. The highest BCUT2D eigenvalue weighted by Crippen LogP contribution is 2.21. The highest BCUT2D eigenvalue weighted by atomic mass is 16.5. The first-order valence-electron chi connectivity index (χ1n) is 7.81. The molecule has 0 atom stereocenters. The molecule has 2 saturated heterocycles. The van der Waals surface area contributed by atoms with E-state index in [4.69, 9.17) is 4.74 Å². The lowest BCUT2D eigenvalue weighted by atomic mass is 9.94. The Morgan fingerprint density at radius 3 is 2.35 bits per heavy atom. The lowest BCUT2D eigenvalue weighted by Crippen LogP contribution is -2.55. The second-order valence-corrected chi connectivity index (χ2v) is 6.52. The first kappa shape index (κ1) is 15.7. The summed E-state index contributed by atoms with van der Waals surface area (Å²) in [5.41, 5.74) is -0.447. The quantitative estimate of drug-likeness (QED) is 0.819. The van der Waals surface area contributed by atoms with E-state index in [-0.39, 0.29) is 5.91 Å². The average molecular weight is 283 g/mol. The molecule has 0 saturated carbocycles. The minimum Gasteiger partial charge on any atom is -0.379 e. The minimum absolute atomic E-state index is 0.227. The summed E-state index contributed by atoms with van der Waals surface area (Å²) in [5.74, 6) is 0.958. The van der Waals surface area contributed by atoms with Crippen LogP contribution in [0.25, 0.3) is 0 Å². The number of ether oxygens (including phenoxy) is 1. The SMILES string of the molecule is CNC(C)(C)C(=O)N1CCC(CN2CCOCC2)CC1. The summed E-state index contributed by atoms with van der Waals surface area (Å²) in [6, 6.07) is 0. The fourth-order valence-corrected chi connectivity index (χ4v) is 2.97. The van der Waals surface area contributed by atoms with Gasteiger partial charge in [-0.05, 0) is 39.7 Å². The van der Waals surface area contributed by atoms with E-state index in [1.807, 2.05) is 25.8 Å². The van der Waals surface area contributed by atoms with Crippen molar-refractivity contribution in [1.29, 1.82) is 0 Å². The molecule has 0 aliphatic carbocycles. The van der Waals surface area contributed by atoms with E-state index in [0.717, 1.165) is 58.2 Å². The number of piperidine rings is 1. The molecule has 20 heavy (non-hydrogen) atoms. The van der Waals surface area contributed by atoms with Gasteiger partial charge in [0.2, 0.25) is 5.91 Å². The van der Waals surface area contributed by atoms with Crippen molar-refractivity contribution in [3.05, 3.63) is 0 Å². The summed E-state index contributed by atoms with van der Waals surface area (Å²) < 4.78 is 5.39. The lowest BCUT2D eigenvalue weighted by molar-refractivity contribution is -0.138. The first-order valence-corrected chi connectivity index (χ1v) is 7.81. The molecule has 0 aromatic heterocycles. The fraction of sp³-hybridized carbons (Fsp3) is 0.933. The van der Waals surface area contributed by atoms with Crippen LogP contribution in [-0.4, -0.2) is 74.2 Å². The Balaban J connectivity index is 1.76. The van der Waals surface area contributed by atoms with E-state index in [2.05, 4.69) is 10.2 Å². The van der Waals surface area contributed by atoms with E-state index in [1.54, 1.807) is 0 Å². The number of rotatable bonds is 4. The third-order valence-electron chi connectivity index (χ3n) is 4.68. The summed E-state index contributed by atoms with van der Waals surface area (Å²) >= 11 is 0. The normalized spacial score (nSPS) is 23.1. The molecular formula is C15H29N3O2. The van der Waals surface area contributed by atoms with Crippen LogP contribution >= 0.6 is 0 Å². The lowest BCUT2D eigenvalue weighted by Gasteiger charge is -2.38. The zero-order valence-electron chi connectivity index (χ0n) is 13.2. The van der Waals surface area contributed by atoms with Gasteiger partial charge in [-0.2, -0.15) is 0 Å². The van der Waals surface area contributed by atoms with Gasteiger partial charge in [-0.25, -0.2) is 0 Å². The molecule has 1 amide bonds. The Labute approximate surface area is 122 Å². The maximum Gasteiger partial charge on any atom is 0.242 e. The number of carbonyl (C=O) groups is 1. The van der Waals surface area contributed by atoms with Crippen LogP contribution in [0.2, 0.25) is 0 Å². The van der Waals surface area contributed by atoms with Crippen molar-refractivity contribution < 1.29 is 9.53 Å². The van der Waals surface area contributed by atoms with Crippen LogP contribution in [0.1, 0.15) is 26.7 Å². The van der Waals surface area contributed by atoms with Crippen LogP contribution in [0, 0.1) is 5.92 Å². The predicted octanol–water partition coefficient (Wildman–Crippen LogP) is 0.555. The molecule has 116 valence electrons. The molecule has 0 spiro atoms. The third kappa shape index (κ3) is 3.93. The van der Waals surface area contributed by atoms with Crippen LogP contribution in [-0.2, 0) is 9.53 Å². The van der Waals surface area contributed by atoms with Crippen LogP contribution in [0.4, 0.5) is 0 Å². The molecule has 0 bridgehead atoms. The number of likely N-dealkylation sites (tertiary alicyclic amines) is 1. The Bertz CT molecular complexity index is 319.